The minimum absolute atomic E-state index is 0.197. The van der Waals surface area contributed by atoms with Crippen molar-refractivity contribution in [3.63, 3.8) is 0 Å². The van der Waals surface area contributed by atoms with Crippen LogP contribution in [0.3, 0.4) is 0 Å². The molecule has 5 heteroatoms. The van der Waals surface area contributed by atoms with Gasteiger partial charge in [0.1, 0.15) is 5.60 Å². The summed E-state index contributed by atoms with van der Waals surface area (Å²) in [5, 5.41) is 0. The van der Waals surface area contributed by atoms with E-state index in [0.717, 1.165) is 0 Å². The molecule has 0 aliphatic carbocycles. The molecule has 0 saturated carbocycles. The Kier molecular flexibility index (Phi) is 4.51. The number of esters is 2. The van der Waals surface area contributed by atoms with Crippen molar-refractivity contribution in [3.05, 3.63) is 0 Å². The summed E-state index contributed by atoms with van der Waals surface area (Å²) in [7, 11) is 1.54. The minimum atomic E-state index is -0.795. The van der Waals surface area contributed by atoms with Gasteiger partial charge in [0.05, 0.1) is 12.5 Å². The van der Waals surface area contributed by atoms with E-state index in [9.17, 15) is 9.59 Å². The highest BCUT2D eigenvalue weighted by Gasteiger charge is 2.45. The Bertz CT molecular complexity index is 301. The molecule has 1 saturated heterocycles. The second-order valence-electron chi connectivity index (χ2n) is 4.74. The van der Waals surface area contributed by atoms with E-state index in [1.165, 1.54) is 7.11 Å². The maximum Gasteiger partial charge on any atom is 0.348 e. The third kappa shape index (κ3) is 3.43. The Morgan fingerprint density at radius 2 is 2.29 bits per heavy atom. The van der Waals surface area contributed by atoms with Crippen LogP contribution in [0.1, 0.15) is 33.6 Å². The zero-order valence-corrected chi connectivity index (χ0v) is 10.8. The lowest BCUT2D eigenvalue weighted by Gasteiger charge is -2.20. The van der Waals surface area contributed by atoms with E-state index < -0.39 is 17.7 Å². The number of carbonyl (C=O) groups is 2. The molecule has 17 heavy (non-hydrogen) atoms. The van der Waals surface area contributed by atoms with Gasteiger partial charge < -0.3 is 14.2 Å². The van der Waals surface area contributed by atoms with Crippen molar-refractivity contribution in [2.45, 2.75) is 45.3 Å². The van der Waals surface area contributed by atoms with Crippen LogP contribution in [0.2, 0.25) is 0 Å². The quantitative estimate of drug-likeness (QED) is 0.682. The summed E-state index contributed by atoms with van der Waals surface area (Å²) in [5.41, 5.74) is -0.688. The zero-order valence-electron chi connectivity index (χ0n) is 10.8. The molecule has 1 fully saturated rings. The van der Waals surface area contributed by atoms with E-state index >= 15 is 0 Å². The van der Waals surface area contributed by atoms with Gasteiger partial charge in [-0.3, -0.25) is 4.79 Å². The van der Waals surface area contributed by atoms with Crippen molar-refractivity contribution in [1.82, 2.24) is 0 Å². The van der Waals surface area contributed by atoms with E-state index in [1.54, 1.807) is 13.8 Å². The van der Waals surface area contributed by atoms with Gasteiger partial charge in [-0.2, -0.15) is 0 Å². The molecule has 3 unspecified atom stereocenters. The lowest BCUT2D eigenvalue weighted by molar-refractivity contribution is -0.165. The average Bonchev–Trinajstić information content (AvgIpc) is 2.53. The SMILES string of the molecule is CCC(C)C(=O)OC1CC(C)(COC)OC1=O. The Balaban J connectivity index is 2.57. The van der Waals surface area contributed by atoms with Gasteiger partial charge in [0.15, 0.2) is 0 Å². The van der Waals surface area contributed by atoms with E-state index in [1.807, 2.05) is 6.92 Å². The van der Waals surface area contributed by atoms with Gasteiger partial charge in [-0.05, 0) is 13.3 Å². The van der Waals surface area contributed by atoms with Crippen LogP contribution in [-0.4, -0.2) is 37.4 Å². The van der Waals surface area contributed by atoms with E-state index in [-0.39, 0.29) is 11.9 Å². The number of rotatable bonds is 5. The van der Waals surface area contributed by atoms with Gasteiger partial charge in [-0.25, -0.2) is 4.79 Å². The summed E-state index contributed by atoms with van der Waals surface area (Å²) in [5.74, 6) is -1.03. The first-order valence-corrected chi connectivity index (χ1v) is 5.84. The standard InChI is InChI=1S/C12H20O5/c1-5-8(2)10(13)16-9-6-12(3,7-15-4)17-11(9)14/h8-9H,5-7H2,1-4H3. The molecule has 1 aliphatic rings. The van der Waals surface area contributed by atoms with Gasteiger partial charge in [0.2, 0.25) is 6.10 Å². The second kappa shape index (κ2) is 5.49. The molecule has 0 aromatic heterocycles. The molecule has 0 aromatic rings. The molecule has 0 amide bonds. The number of hydrogen-bond acceptors (Lipinski definition) is 5. The maximum atomic E-state index is 11.6. The van der Waals surface area contributed by atoms with Crippen LogP contribution in [0.15, 0.2) is 0 Å². The Labute approximate surface area is 101 Å². The fourth-order valence-electron chi connectivity index (χ4n) is 1.73. The fourth-order valence-corrected chi connectivity index (χ4v) is 1.73. The maximum absolute atomic E-state index is 11.6. The summed E-state index contributed by atoms with van der Waals surface area (Å²) in [6.45, 7) is 5.74. The summed E-state index contributed by atoms with van der Waals surface area (Å²) < 4.78 is 15.3. The minimum Gasteiger partial charge on any atom is -0.454 e. The third-order valence-electron chi connectivity index (χ3n) is 2.95. The molecule has 1 aliphatic heterocycles. The topological polar surface area (TPSA) is 61.8 Å². The molecule has 0 radical (unpaired) electrons. The van der Waals surface area contributed by atoms with E-state index in [2.05, 4.69) is 0 Å². The highest BCUT2D eigenvalue weighted by atomic mass is 16.6. The van der Waals surface area contributed by atoms with Crippen molar-refractivity contribution < 1.29 is 23.8 Å². The lowest BCUT2D eigenvalue weighted by Crippen LogP contribution is -2.30. The number of hydrogen-bond donors (Lipinski definition) is 0. The van der Waals surface area contributed by atoms with Gasteiger partial charge in [0.25, 0.3) is 0 Å². The second-order valence-corrected chi connectivity index (χ2v) is 4.74. The summed E-state index contributed by atoms with van der Waals surface area (Å²) in [4.78, 5) is 23.1. The third-order valence-corrected chi connectivity index (χ3v) is 2.95. The first kappa shape index (κ1) is 14.0. The average molecular weight is 244 g/mol. The van der Waals surface area contributed by atoms with Crippen LogP contribution in [0.25, 0.3) is 0 Å². The molecule has 5 nitrogen and oxygen atoms in total. The molecular weight excluding hydrogens is 224 g/mol. The molecule has 0 spiro atoms. The molecule has 1 heterocycles. The van der Waals surface area contributed by atoms with Crippen LogP contribution in [0.4, 0.5) is 0 Å². The van der Waals surface area contributed by atoms with Crippen molar-refractivity contribution in [1.29, 1.82) is 0 Å². The van der Waals surface area contributed by atoms with Crippen LogP contribution in [0.5, 0.6) is 0 Å². The highest BCUT2D eigenvalue weighted by Crippen LogP contribution is 2.29. The number of cyclic esters (lactones) is 1. The number of ether oxygens (including phenoxy) is 3. The van der Waals surface area contributed by atoms with Crippen molar-refractivity contribution in [3.8, 4) is 0 Å². The lowest BCUT2D eigenvalue weighted by atomic mass is 10.0. The normalized spacial score (nSPS) is 29.9. The molecule has 0 N–H and O–H groups in total. The van der Waals surface area contributed by atoms with Gasteiger partial charge in [0, 0.05) is 13.5 Å². The van der Waals surface area contributed by atoms with Gasteiger partial charge >= 0.3 is 11.9 Å². The molecule has 98 valence electrons. The highest BCUT2D eigenvalue weighted by molar-refractivity contribution is 5.82. The largest absolute Gasteiger partial charge is 0.454 e. The number of methoxy groups -OCH3 is 1. The van der Waals surface area contributed by atoms with Gasteiger partial charge in [-0.15, -0.1) is 0 Å². The smallest absolute Gasteiger partial charge is 0.348 e. The van der Waals surface area contributed by atoms with E-state index in [4.69, 9.17) is 14.2 Å². The number of carbonyl (C=O) groups excluding carboxylic acids is 2. The molecular formula is C12H20O5. The van der Waals surface area contributed by atoms with Crippen molar-refractivity contribution in [2.24, 2.45) is 5.92 Å². The molecule has 0 aromatic carbocycles. The monoisotopic (exact) mass is 244 g/mol. The van der Waals surface area contributed by atoms with E-state index in [0.29, 0.717) is 19.4 Å². The predicted octanol–water partition coefficient (Wildman–Crippen LogP) is 1.30. The van der Waals surface area contributed by atoms with Crippen LogP contribution < -0.4 is 0 Å². The molecule has 3 atom stereocenters. The van der Waals surface area contributed by atoms with Crippen LogP contribution in [-0.2, 0) is 23.8 Å². The first-order valence-electron chi connectivity index (χ1n) is 5.84. The summed E-state index contributed by atoms with van der Waals surface area (Å²) in [6.07, 6.45) is 0.245. The van der Waals surface area contributed by atoms with Crippen LogP contribution >= 0.6 is 0 Å². The summed E-state index contributed by atoms with van der Waals surface area (Å²) >= 11 is 0. The summed E-state index contributed by atoms with van der Waals surface area (Å²) in [6, 6.07) is 0. The first-order chi connectivity index (χ1) is 7.91. The molecule has 1 rings (SSSR count). The Morgan fingerprint density at radius 3 is 2.82 bits per heavy atom. The Hall–Kier alpha value is -1.10. The van der Waals surface area contributed by atoms with Crippen molar-refractivity contribution in [2.75, 3.05) is 13.7 Å². The molecule has 0 bridgehead atoms. The zero-order chi connectivity index (χ0) is 13.1. The predicted molar refractivity (Wildman–Crippen MR) is 60.3 cm³/mol. The van der Waals surface area contributed by atoms with Crippen LogP contribution in [0, 0.1) is 5.92 Å². The fraction of sp³-hybridized carbons (Fsp3) is 0.833. The van der Waals surface area contributed by atoms with Gasteiger partial charge in [-0.1, -0.05) is 13.8 Å². The van der Waals surface area contributed by atoms with Crippen molar-refractivity contribution >= 4 is 11.9 Å². The Morgan fingerprint density at radius 1 is 1.65 bits per heavy atom.